The molecule has 7 heteroatoms. The molecule has 0 amide bonds. The number of ether oxygens (including phenoxy) is 1. The molecule has 4 N–H and O–H groups in total. The number of carboxylic acid groups (broad SMARTS) is 1. The molecule has 7 nitrogen and oxygen atoms in total. The van der Waals surface area contributed by atoms with E-state index in [9.17, 15) is 4.79 Å². The van der Waals surface area contributed by atoms with E-state index in [1.807, 2.05) is 0 Å². The van der Waals surface area contributed by atoms with Crippen LogP contribution < -0.4 is 0 Å². The standard InChI is InChI=1S/C6H5NO2.C5H10O4/c8-6(9)5-2-1-3-7-4-5;6-1-4-5(8)3(7)2-9-4/h1-4H,(H,8,9);3-8H,1-2H2/t;3-,4+,5-/m.0/s1. The van der Waals surface area contributed by atoms with Crippen LogP contribution in [0.15, 0.2) is 24.5 Å². The number of hydrogen-bond donors (Lipinski definition) is 4. The predicted octanol–water partition coefficient (Wildman–Crippen LogP) is -1.12. The highest BCUT2D eigenvalue weighted by molar-refractivity contribution is 5.86. The van der Waals surface area contributed by atoms with E-state index < -0.39 is 24.3 Å². The van der Waals surface area contributed by atoms with Gasteiger partial charge < -0.3 is 25.2 Å². The minimum atomic E-state index is -0.942. The summed E-state index contributed by atoms with van der Waals surface area (Å²) in [7, 11) is 0. The molecule has 1 fully saturated rings. The van der Waals surface area contributed by atoms with Crippen LogP contribution in [-0.2, 0) is 4.74 Å². The van der Waals surface area contributed by atoms with E-state index in [-0.39, 0.29) is 18.8 Å². The topological polar surface area (TPSA) is 120 Å². The molecule has 0 unspecified atom stereocenters. The maximum Gasteiger partial charge on any atom is 0.337 e. The van der Waals surface area contributed by atoms with Gasteiger partial charge in [-0.05, 0) is 12.1 Å². The summed E-state index contributed by atoms with van der Waals surface area (Å²) in [5.41, 5.74) is 0.220. The summed E-state index contributed by atoms with van der Waals surface area (Å²) in [6.45, 7) is -0.120. The normalized spacial score (nSPS) is 26.3. The Labute approximate surface area is 103 Å². The van der Waals surface area contributed by atoms with E-state index in [2.05, 4.69) is 4.98 Å². The number of pyridine rings is 1. The molecule has 0 bridgehead atoms. The molecule has 3 atom stereocenters. The highest BCUT2D eigenvalue weighted by Gasteiger charge is 2.33. The van der Waals surface area contributed by atoms with Crippen LogP contribution in [0.5, 0.6) is 0 Å². The monoisotopic (exact) mass is 257 g/mol. The largest absolute Gasteiger partial charge is 0.478 e. The summed E-state index contributed by atoms with van der Waals surface area (Å²) in [5, 5.41) is 34.5. The summed E-state index contributed by atoms with van der Waals surface area (Å²) < 4.78 is 4.78. The predicted molar refractivity (Wildman–Crippen MR) is 60.0 cm³/mol. The van der Waals surface area contributed by atoms with Crippen LogP contribution in [0, 0.1) is 0 Å². The molecular weight excluding hydrogens is 242 g/mol. The van der Waals surface area contributed by atoms with Crippen LogP contribution >= 0.6 is 0 Å². The van der Waals surface area contributed by atoms with Gasteiger partial charge in [-0.25, -0.2) is 4.79 Å². The van der Waals surface area contributed by atoms with Crippen molar-refractivity contribution in [2.75, 3.05) is 13.2 Å². The fraction of sp³-hybridized carbons (Fsp3) is 0.455. The number of rotatable bonds is 2. The molecule has 0 aliphatic carbocycles. The lowest BCUT2D eigenvalue weighted by Gasteiger charge is -2.10. The van der Waals surface area contributed by atoms with E-state index in [0.29, 0.717) is 0 Å². The van der Waals surface area contributed by atoms with E-state index >= 15 is 0 Å². The highest BCUT2D eigenvalue weighted by Crippen LogP contribution is 2.12. The van der Waals surface area contributed by atoms with Crippen molar-refractivity contribution < 1.29 is 30.0 Å². The first-order valence-electron chi connectivity index (χ1n) is 5.28. The second-order valence-corrected chi connectivity index (χ2v) is 3.66. The van der Waals surface area contributed by atoms with Crippen LogP contribution in [0.2, 0.25) is 0 Å². The summed E-state index contributed by atoms with van der Waals surface area (Å²) >= 11 is 0. The van der Waals surface area contributed by atoms with Crippen molar-refractivity contribution in [2.45, 2.75) is 18.3 Å². The third-order valence-electron chi connectivity index (χ3n) is 2.34. The van der Waals surface area contributed by atoms with Crippen molar-refractivity contribution in [3.05, 3.63) is 30.1 Å². The van der Waals surface area contributed by atoms with Crippen LogP contribution in [0.25, 0.3) is 0 Å². The van der Waals surface area contributed by atoms with Gasteiger partial charge in [0.15, 0.2) is 0 Å². The minimum absolute atomic E-state index is 0.117. The highest BCUT2D eigenvalue weighted by atomic mass is 16.5. The van der Waals surface area contributed by atoms with E-state index in [1.54, 1.807) is 6.07 Å². The summed E-state index contributed by atoms with van der Waals surface area (Å²) in [6, 6.07) is 3.08. The second kappa shape index (κ2) is 7.02. The maximum atomic E-state index is 10.2. The molecule has 1 aromatic heterocycles. The molecule has 1 aromatic rings. The van der Waals surface area contributed by atoms with Crippen LogP contribution in [0.3, 0.4) is 0 Å². The number of aromatic carboxylic acids is 1. The molecule has 18 heavy (non-hydrogen) atoms. The van der Waals surface area contributed by atoms with Gasteiger partial charge in [-0.3, -0.25) is 4.98 Å². The second-order valence-electron chi connectivity index (χ2n) is 3.66. The Morgan fingerprint density at radius 2 is 2.22 bits per heavy atom. The van der Waals surface area contributed by atoms with Crippen LogP contribution in [0.4, 0.5) is 0 Å². The Morgan fingerprint density at radius 1 is 1.50 bits per heavy atom. The van der Waals surface area contributed by atoms with E-state index in [4.69, 9.17) is 25.2 Å². The number of aromatic nitrogens is 1. The average molecular weight is 257 g/mol. The molecule has 2 heterocycles. The average Bonchev–Trinajstić information content (AvgIpc) is 2.71. The first-order chi connectivity index (χ1) is 8.56. The van der Waals surface area contributed by atoms with Crippen molar-refractivity contribution >= 4 is 5.97 Å². The molecule has 0 saturated carbocycles. The number of nitrogens with zero attached hydrogens (tertiary/aromatic N) is 1. The van der Waals surface area contributed by atoms with Gasteiger partial charge >= 0.3 is 5.97 Å². The van der Waals surface area contributed by atoms with Crippen molar-refractivity contribution in [3.8, 4) is 0 Å². The molecule has 0 spiro atoms. The van der Waals surface area contributed by atoms with Gasteiger partial charge in [-0.1, -0.05) is 0 Å². The van der Waals surface area contributed by atoms with Crippen molar-refractivity contribution in [3.63, 3.8) is 0 Å². The lowest BCUT2D eigenvalue weighted by molar-refractivity contribution is -0.00588. The Bertz CT molecular complexity index is 371. The van der Waals surface area contributed by atoms with Gasteiger partial charge in [0.05, 0.1) is 18.8 Å². The minimum Gasteiger partial charge on any atom is -0.478 e. The van der Waals surface area contributed by atoms with Gasteiger partial charge in [0.25, 0.3) is 0 Å². The number of carbonyl (C=O) groups is 1. The lowest BCUT2D eigenvalue weighted by atomic mass is 10.2. The molecule has 1 saturated heterocycles. The summed E-state index contributed by atoms with van der Waals surface area (Å²) in [6.07, 6.45) is 0.492. The van der Waals surface area contributed by atoms with Gasteiger partial charge in [0.2, 0.25) is 0 Å². The van der Waals surface area contributed by atoms with Crippen LogP contribution in [-0.4, -0.2) is 62.9 Å². The van der Waals surface area contributed by atoms with Crippen molar-refractivity contribution in [1.82, 2.24) is 4.98 Å². The zero-order chi connectivity index (χ0) is 13.5. The Morgan fingerprint density at radius 3 is 2.50 bits per heavy atom. The van der Waals surface area contributed by atoms with E-state index in [1.165, 1.54) is 18.5 Å². The first kappa shape index (κ1) is 14.5. The van der Waals surface area contributed by atoms with Crippen molar-refractivity contribution in [1.29, 1.82) is 0 Å². The molecule has 1 aliphatic heterocycles. The summed E-state index contributed by atoms with van der Waals surface area (Å²) in [5.74, 6) is -0.942. The Hall–Kier alpha value is -1.54. The number of hydrogen-bond acceptors (Lipinski definition) is 6. The number of carboxylic acids is 1. The first-order valence-corrected chi connectivity index (χ1v) is 5.28. The van der Waals surface area contributed by atoms with Gasteiger partial charge in [-0.15, -0.1) is 0 Å². The Kier molecular flexibility index (Phi) is 5.66. The molecular formula is C11H15NO6. The fourth-order valence-corrected chi connectivity index (χ4v) is 1.32. The summed E-state index contributed by atoms with van der Waals surface area (Å²) in [4.78, 5) is 13.8. The van der Waals surface area contributed by atoms with E-state index in [0.717, 1.165) is 0 Å². The third kappa shape index (κ3) is 4.04. The SMILES string of the molecule is O=C(O)c1cccnc1.OC[C@H]1OC[C@H](O)[C@@H]1O. The molecule has 0 aromatic carbocycles. The molecule has 0 radical (unpaired) electrons. The third-order valence-corrected chi connectivity index (χ3v) is 2.34. The quantitative estimate of drug-likeness (QED) is 0.529. The zero-order valence-electron chi connectivity index (χ0n) is 9.51. The molecule has 2 rings (SSSR count). The molecule has 100 valence electrons. The number of aliphatic hydroxyl groups is 3. The number of aliphatic hydroxyl groups excluding tert-OH is 3. The molecule has 1 aliphatic rings. The van der Waals surface area contributed by atoms with Gasteiger partial charge in [0.1, 0.15) is 18.3 Å². The van der Waals surface area contributed by atoms with Gasteiger partial charge in [-0.2, -0.15) is 0 Å². The van der Waals surface area contributed by atoms with Crippen molar-refractivity contribution in [2.24, 2.45) is 0 Å². The zero-order valence-corrected chi connectivity index (χ0v) is 9.51. The van der Waals surface area contributed by atoms with Gasteiger partial charge in [0, 0.05) is 12.4 Å². The Balaban J connectivity index is 0.000000180. The lowest BCUT2D eigenvalue weighted by Crippen LogP contribution is -2.31. The maximum absolute atomic E-state index is 10.2. The van der Waals surface area contributed by atoms with Crippen LogP contribution in [0.1, 0.15) is 10.4 Å². The fourth-order valence-electron chi connectivity index (χ4n) is 1.32. The smallest absolute Gasteiger partial charge is 0.337 e.